The summed E-state index contributed by atoms with van der Waals surface area (Å²) < 4.78 is 40.7. The van der Waals surface area contributed by atoms with Crippen molar-refractivity contribution in [3.63, 3.8) is 0 Å². The van der Waals surface area contributed by atoms with Crippen LogP contribution in [0.2, 0.25) is 0 Å². The maximum atomic E-state index is 12.9. The summed E-state index contributed by atoms with van der Waals surface area (Å²) in [4.78, 5) is 0. The first-order chi connectivity index (χ1) is 12.4. The number of aryl methyl sites for hydroxylation is 1. The Morgan fingerprint density at radius 3 is 2.08 bits per heavy atom. The first kappa shape index (κ1) is 16.5. The standard InChI is InChI=1S/C22H16F3N/c1-26-14-13-17-9-12-19(15-7-10-18(11-8-15)22(23,24)25)20(21(17)26)16-5-3-2-4-6-16/h2-14H,1H3. The summed E-state index contributed by atoms with van der Waals surface area (Å²) in [5.41, 5.74) is 4.17. The van der Waals surface area contributed by atoms with Crippen LogP contribution in [0.4, 0.5) is 13.2 Å². The molecule has 1 nitrogen and oxygen atoms in total. The molecule has 0 unspecified atom stereocenters. The Labute approximate surface area is 149 Å². The van der Waals surface area contributed by atoms with Crippen molar-refractivity contribution in [1.29, 1.82) is 0 Å². The first-order valence-electron chi connectivity index (χ1n) is 8.26. The van der Waals surface area contributed by atoms with Gasteiger partial charge >= 0.3 is 6.18 Å². The molecule has 4 aromatic rings. The monoisotopic (exact) mass is 351 g/mol. The summed E-state index contributed by atoms with van der Waals surface area (Å²) >= 11 is 0. The highest BCUT2D eigenvalue weighted by Gasteiger charge is 2.30. The van der Waals surface area contributed by atoms with Gasteiger partial charge < -0.3 is 4.57 Å². The predicted octanol–water partition coefficient (Wildman–Crippen LogP) is 6.53. The van der Waals surface area contributed by atoms with Crippen LogP contribution < -0.4 is 0 Å². The van der Waals surface area contributed by atoms with Crippen molar-refractivity contribution in [2.24, 2.45) is 7.05 Å². The topological polar surface area (TPSA) is 4.93 Å². The molecule has 0 spiro atoms. The van der Waals surface area contributed by atoms with E-state index in [-0.39, 0.29) is 0 Å². The minimum Gasteiger partial charge on any atom is -0.350 e. The van der Waals surface area contributed by atoms with Crippen LogP contribution in [-0.2, 0) is 13.2 Å². The van der Waals surface area contributed by atoms with Crippen molar-refractivity contribution in [3.05, 3.63) is 84.6 Å². The molecule has 4 heteroatoms. The van der Waals surface area contributed by atoms with Crippen molar-refractivity contribution in [1.82, 2.24) is 4.57 Å². The van der Waals surface area contributed by atoms with Crippen molar-refractivity contribution in [2.75, 3.05) is 0 Å². The molecule has 0 radical (unpaired) electrons. The maximum Gasteiger partial charge on any atom is 0.416 e. The van der Waals surface area contributed by atoms with Gasteiger partial charge in [-0.25, -0.2) is 0 Å². The Morgan fingerprint density at radius 2 is 1.42 bits per heavy atom. The zero-order valence-corrected chi connectivity index (χ0v) is 14.1. The van der Waals surface area contributed by atoms with Crippen LogP contribution in [0.1, 0.15) is 5.56 Å². The lowest BCUT2D eigenvalue weighted by molar-refractivity contribution is -0.137. The van der Waals surface area contributed by atoms with Crippen LogP contribution in [0.15, 0.2) is 79.0 Å². The van der Waals surface area contributed by atoms with Gasteiger partial charge in [0.05, 0.1) is 11.1 Å². The molecule has 3 aromatic carbocycles. The lowest BCUT2D eigenvalue weighted by Gasteiger charge is -2.15. The smallest absolute Gasteiger partial charge is 0.350 e. The van der Waals surface area contributed by atoms with Crippen LogP contribution in [0.3, 0.4) is 0 Å². The molecule has 26 heavy (non-hydrogen) atoms. The van der Waals surface area contributed by atoms with Crippen molar-refractivity contribution < 1.29 is 13.2 Å². The number of benzene rings is 3. The van der Waals surface area contributed by atoms with Gasteiger partial charge in [0, 0.05) is 24.2 Å². The number of hydrogen-bond donors (Lipinski definition) is 0. The van der Waals surface area contributed by atoms with E-state index in [0.717, 1.165) is 45.3 Å². The zero-order valence-electron chi connectivity index (χ0n) is 14.1. The Hall–Kier alpha value is -3.01. The highest BCUT2D eigenvalue weighted by Crippen LogP contribution is 2.39. The highest BCUT2D eigenvalue weighted by molar-refractivity contribution is 6.02. The van der Waals surface area contributed by atoms with Crippen LogP contribution >= 0.6 is 0 Å². The number of fused-ring (bicyclic) bond motifs is 1. The van der Waals surface area contributed by atoms with Crippen LogP contribution in [0.25, 0.3) is 33.2 Å². The van der Waals surface area contributed by atoms with Gasteiger partial charge in [-0.05, 0) is 34.9 Å². The van der Waals surface area contributed by atoms with E-state index in [1.165, 1.54) is 0 Å². The highest BCUT2D eigenvalue weighted by atomic mass is 19.4. The maximum absolute atomic E-state index is 12.9. The normalized spacial score (nSPS) is 11.8. The van der Waals surface area contributed by atoms with Gasteiger partial charge in [-0.3, -0.25) is 0 Å². The summed E-state index contributed by atoms with van der Waals surface area (Å²) in [6.45, 7) is 0. The van der Waals surface area contributed by atoms with Gasteiger partial charge in [-0.15, -0.1) is 0 Å². The summed E-state index contributed by atoms with van der Waals surface area (Å²) in [5, 5.41) is 1.10. The van der Waals surface area contributed by atoms with E-state index in [9.17, 15) is 13.2 Å². The van der Waals surface area contributed by atoms with Gasteiger partial charge in [0.25, 0.3) is 0 Å². The molecule has 0 N–H and O–H groups in total. The van der Waals surface area contributed by atoms with E-state index in [1.807, 2.05) is 66.3 Å². The quantitative estimate of drug-likeness (QED) is 0.387. The van der Waals surface area contributed by atoms with Crippen LogP contribution in [-0.4, -0.2) is 4.57 Å². The molecule has 0 fully saturated rings. The van der Waals surface area contributed by atoms with Gasteiger partial charge in [0.15, 0.2) is 0 Å². The Kier molecular flexibility index (Phi) is 3.83. The molecule has 130 valence electrons. The summed E-state index contributed by atoms with van der Waals surface area (Å²) in [6.07, 6.45) is -2.34. The summed E-state index contributed by atoms with van der Waals surface area (Å²) in [7, 11) is 1.98. The number of nitrogens with zero attached hydrogens (tertiary/aromatic N) is 1. The predicted molar refractivity (Wildman–Crippen MR) is 98.8 cm³/mol. The average molecular weight is 351 g/mol. The fourth-order valence-electron chi connectivity index (χ4n) is 3.36. The molecule has 0 saturated heterocycles. The number of halogens is 3. The second-order valence-corrected chi connectivity index (χ2v) is 6.29. The first-order valence-corrected chi connectivity index (χ1v) is 8.26. The van der Waals surface area contributed by atoms with E-state index in [0.29, 0.717) is 0 Å². The number of hydrogen-bond acceptors (Lipinski definition) is 0. The molecular weight excluding hydrogens is 335 g/mol. The van der Waals surface area contributed by atoms with Gasteiger partial charge in [-0.2, -0.15) is 13.2 Å². The lowest BCUT2D eigenvalue weighted by atomic mass is 9.92. The average Bonchev–Trinajstić information content (AvgIpc) is 3.02. The van der Waals surface area contributed by atoms with E-state index < -0.39 is 11.7 Å². The largest absolute Gasteiger partial charge is 0.416 e. The number of rotatable bonds is 2. The zero-order chi connectivity index (χ0) is 18.3. The minimum atomic E-state index is -4.33. The molecule has 1 heterocycles. The molecule has 0 saturated carbocycles. The fourth-order valence-corrected chi connectivity index (χ4v) is 3.36. The molecule has 4 rings (SSSR count). The van der Waals surface area contributed by atoms with Crippen molar-refractivity contribution >= 4 is 10.9 Å². The van der Waals surface area contributed by atoms with Gasteiger partial charge in [0.1, 0.15) is 0 Å². The molecule has 0 aliphatic heterocycles. The third-order valence-electron chi connectivity index (χ3n) is 4.63. The van der Waals surface area contributed by atoms with E-state index in [1.54, 1.807) is 12.1 Å². The summed E-state index contributed by atoms with van der Waals surface area (Å²) in [5.74, 6) is 0. The van der Waals surface area contributed by atoms with E-state index in [2.05, 4.69) is 0 Å². The molecule has 0 bridgehead atoms. The Bertz CT molecular complexity index is 1060. The van der Waals surface area contributed by atoms with Crippen LogP contribution in [0.5, 0.6) is 0 Å². The molecule has 0 amide bonds. The lowest BCUT2D eigenvalue weighted by Crippen LogP contribution is -2.04. The van der Waals surface area contributed by atoms with Crippen molar-refractivity contribution in [2.45, 2.75) is 6.18 Å². The second-order valence-electron chi connectivity index (χ2n) is 6.29. The Morgan fingerprint density at radius 1 is 0.731 bits per heavy atom. The number of aromatic nitrogens is 1. The third kappa shape index (κ3) is 2.77. The molecule has 0 aliphatic rings. The second kappa shape index (κ2) is 6.06. The van der Waals surface area contributed by atoms with Gasteiger partial charge in [-0.1, -0.05) is 54.6 Å². The van der Waals surface area contributed by atoms with Crippen LogP contribution in [0, 0.1) is 0 Å². The minimum absolute atomic E-state index is 0.637. The Balaban J connectivity index is 1.97. The van der Waals surface area contributed by atoms with Crippen molar-refractivity contribution in [3.8, 4) is 22.3 Å². The van der Waals surface area contributed by atoms with E-state index >= 15 is 0 Å². The molecule has 0 atom stereocenters. The van der Waals surface area contributed by atoms with E-state index in [4.69, 9.17) is 0 Å². The summed E-state index contributed by atoms with van der Waals surface area (Å²) in [6, 6.07) is 21.3. The molecular formula is C22H16F3N. The third-order valence-corrected chi connectivity index (χ3v) is 4.63. The van der Waals surface area contributed by atoms with Gasteiger partial charge in [0.2, 0.25) is 0 Å². The molecule has 1 aromatic heterocycles. The molecule has 0 aliphatic carbocycles. The SMILES string of the molecule is Cn1ccc2ccc(-c3ccc(C(F)(F)F)cc3)c(-c3ccccc3)c21. The fraction of sp³-hybridized carbons (Fsp3) is 0.0909. The number of alkyl halides is 3.